The number of hydrogen-bond donors (Lipinski definition) is 1. The van der Waals surface area contributed by atoms with Gasteiger partial charge in [-0.25, -0.2) is 0 Å². The van der Waals surface area contributed by atoms with Crippen LogP contribution in [-0.2, 0) is 13.5 Å². The first-order valence-electron chi connectivity index (χ1n) is 5.90. The number of hydrogen-bond acceptors (Lipinski definition) is 3. The maximum Gasteiger partial charge on any atom is 0.0537 e. The number of aryl methyl sites for hydroxylation is 1. The highest BCUT2D eigenvalue weighted by atomic mass is 15.2. The number of pyridine rings is 1. The van der Waals surface area contributed by atoms with Gasteiger partial charge in [0, 0.05) is 37.2 Å². The van der Waals surface area contributed by atoms with Gasteiger partial charge in [-0.2, -0.15) is 5.10 Å². The van der Waals surface area contributed by atoms with Gasteiger partial charge in [0.05, 0.1) is 6.20 Å². The topological polar surface area (TPSA) is 42.7 Å². The quantitative estimate of drug-likeness (QED) is 0.850. The number of nitrogens with zero attached hydrogens (tertiary/aromatic N) is 3. The van der Waals surface area contributed by atoms with Crippen LogP contribution < -0.4 is 5.32 Å². The third-order valence-corrected chi connectivity index (χ3v) is 2.77. The van der Waals surface area contributed by atoms with E-state index in [0.717, 1.165) is 13.0 Å². The van der Waals surface area contributed by atoms with Crippen LogP contribution in [0, 0.1) is 0 Å². The van der Waals surface area contributed by atoms with E-state index in [1.165, 1.54) is 11.1 Å². The zero-order chi connectivity index (χ0) is 12.1. The van der Waals surface area contributed by atoms with Gasteiger partial charge in [-0.05, 0) is 30.7 Å². The van der Waals surface area contributed by atoms with Crippen molar-refractivity contribution in [1.82, 2.24) is 20.1 Å². The van der Waals surface area contributed by atoms with Crippen LogP contribution in [0.1, 0.15) is 24.1 Å². The molecule has 0 aliphatic carbocycles. The molecule has 1 atom stereocenters. The Morgan fingerprint density at radius 1 is 1.35 bits per heavy atom. The second-order valence-corrected chi connectivity index (χ2v) is 4.12. The van der Waals surface area contributed by atoms with E-state index in [1.807, 2.05) is 30.3 Å². The van der Waals surface area contributed by atoms with E-state index < -0.39 is 0 Å². The Morgan fingerprint density at radius 3 is 2.71 bits per heavy atom. The molecule has 2 aromatic rings. The Labute approximate surface area is 102 Å². The Morgan fingerprint density at radius 2 is 2.12 bits per heavy atom. The summed E-state index contributed by atoms with van der Waals surface area (Å²) < 4.78 is 1.84. The average Bonchev–Trinajstić information content (AvgIpc) is 2.77. The lowest BCUT2D eigenvalue weighted by molar-refractivity contribution is 0.549. The third-order valence-electron chi connectivity index (χ3n) is 2.77. The highest BCUT2D eigenvalue weighted by molar-refractivity contribution is 5.18. The molecule has 0 fully saturated rings. The van der Waals surface area contributed by atoms with Gasteiger partial charge in [0.25, 0.3) is 0 Å². The number of aromatic nitrogens is 3. The van der Waals surface area contributed by atoms with Gasteiger partial charge in [0.1, 0.15) is 0 Å². The Bertz CT molecular complexity index is 449. The van der Waals surface area contributed by atoms with E-state index in [4.69, 9.17) is 0 Å². The summed E-state index contributed by atoms with van der Waals surface area (Å²) in [6, 6.07) is 4.43. The SMILES string of the molecule is CCNC(Cc1ccncc1)c1cnn(C)c1. The lowest BCUT2D eigenvalue weighted by Gasteiger charge is -2.16. The number of rotatable bonds is 5. The molecule has 1 N–H and O–H groups in total. The molecule has 0 radical (unpaired) electrons. The minimum atomic E-state index is 0.316. The molecular formula is C13H18N4. The van der Waals surface area contributed by atoms with Gasteiger partial charge in [0.2, 0.25) is 0 Å². The molecule has 2 rings (SSSR count). The second kappa shape index (κ2) is 5.59. The number of likely N-dealkylation sites (N-methyl/N-ethyl adjacent to an activating group) is 1. The summed E-state index contributed by atoms with van der Waals surface area (Å²) in [4.78, 5) is 4.04. The van der Waals surface area contributed by atoms with Crippen molar-refractivity contribution >= 4 is 0 Å². The van der Waals surface area contributed by atoms with E-state index in [2.05, 4.69) is 40.7 Å². The number of nitrogens with one attached hydrogen (secondary N) is 1. The van der Waals surface area contributed by atoms with E-state index >= 15 is 0 Å². The molecule has 0 aliphatic rings. The van der Waals surface area contributed by atoms with Crippen molar-refractivity contribution in [3.05, 3.63) is 48.0 Å². The molecule has 4 nitrogen and oxygen atoms in total. The summed E-state index contributed by atoms with van der Waals surface area (Å²) in [6.07, 6.45) is 8.62. The summed E-state index contributed by atoms with van der Waals surface area (Å²) in [5.74, 6) is 0. The molecule has 0 spiro atoms. The maximum atomic E-state index is 4.23. The Hall–Kier alpha value is -1.68. The monoisotopic (exact) mass is 230 g/mol. The van der Waals surface area contributed by atoms with E-state index in [9.17, 15) is 0 Å². The molecule has 0 saturated heterocycles. The Kier molecular flexibility index (Phi) is 3.88. The van der Waals surface area contributed by atoms with Crippen molar-refractivity contribution < 1.29 is 0 Å². The molecule has 0 saturated carbocycles. The van der Waals surface area contributed by atoms with E-state index in [-0.39, 0.29) is 0 Å². The summed E-state index contributed by atoms with van der Waals surface area (Å²) >= 11 is 0. The van der Waals surface area contributed by atoms with Gasteiger partial charge in [-0.15, -0.1) is 0 Å². The fourth-order valence-corrected chi connectivity index (χ4v) is 1.93. The lowest BCUT2D eigenvalue weighted by Crippen LogP contribution is -2.22. The summed E-state index contributed by atoms with van der Waals surface area (Å²) in [7, 11) is 1.94. The molecule has 2 heterocycles. The average molecular weight is 230 g/mol. The van der Waals surface area contributed by atoms with Crippen LogP contribution in [0.3, 0.4) is 0 Å². The van der Waals surface area contributed by atoms with Crippen LogP contribution >= 0.6 is 0 Å². The van der Waals surface area contributed by atoms with Crippen LogP contribution in [0.15, 0.2) is 36.9 Å². The minimum Gasteiger partial charge on any atom is -0.310 e. The fourth-order valence-electron chi connectivity index (χ4n) is 1.93. The highest BCUT2D eigenvalue weighted by Crippen LogP contribution is 2.17. The van der Waals surface area contributed by atoms with Crippen LogP contribution in [-0.4, -0.2) is 21.3 Å². The van der Waals surface area contributed by atoms with Crippen molar-refractivity contribution in [3.8, 4) is 0 Å². The van der Waals surface area contributed by atoms with Gasteiger partial charge in [-0.3, -0.25) is 9.67 Å². The van der Waals surface area contributed by atoms with Crippen molar-refractivity contribution in [2.75, 3.05) is 6.54 Å². The third kappa shape index (κ3) is 3.14. The normalized spacial score (nSPS) is 12.6. The van der Waals surface area contributed by atoms with Crippen molar-refractivity contribution in [2.45, 2.75) is 19.4 Å². The maximum absolute atomic E-state index is 4.23. The summed E-state index contributed by atoms with van der Waals surface area (Å²) in [5, 5.41) is 7.71. The summed E-state index contributed by atoms with van der Waals surface area (Å²) in [5.41, 5.74) is 2.51. The predicted octanol–water partition coefficient (Wildman–Crippen LogP) is 1.71. The molecule has 0 aromatic carbocycles. The van der Waals surface area contributed by atoms with Crippen LogP contribution in [0.2, 0.25) is 0 Å². The second-order valence-electron chi connectivity index (χ2n) is 4.12. The minimum absolute atomic E-state index is 0.316. The van der Waals surface area contributed by atoms with Gasteiger partial charge < -0.3 is 5.32 Å². The first-order chi connectivity index (χ1) is 8.29. The zero-order valence-electron chi connectivity index (χ0n) is 10.3. The molecule has 0 amide bonds. The first-order valence-corrected chi connectivity index (χ1v) is 5.90. The molecule has 0 bridgehead atoms. The van der Waals surface area contributed by atoms with Crippen molar-refractivity contribution in [2.24, 2.45) is 7.05 Å². The standard InChI is InChI=1S/C13H18N4/c1-3-15-13(12-9-16-17(2)10-12)8-11-4-6-14-7-5-11/h4-7,9-10,13,15H,3,8H2,1-2H3. The predicted molar refractivity (Wildman–Crippen MR) is 67.6 cm³/mol. The smallest absolute Gasteiger partial charge is 0.0537 e. The molecule has 17 heavy (non-hydrogen) atoms. The van der Waals surface area contributed by atoms with E-state index in [1.54, 1.807) is 0 Å². The molecule has 0 aliphatic heterocycles. The van der Waals surface area contributed by atoms with Crippen LogP contribution in [0.4, 0.5) is 0 Å². The molecule has 4 heteroatoms. The van der Waals surface area contributed by atoms with Gasteiger partial charge in [-0.1, -0.05) is 6.92 Å². The van der Waals surface area contributed by atoms with Gasteiger partial charge >= 0.3 is 0 Å². The van der Waals surface area contributed by atoms with Crippen LogP contribution in [0.25, 0.3) is 0 Å². The first kappa shape index (κ1) is 11.8. The van der Waals surface area contributed by atoms with Crippen molar-refractivity contribution in [1.29, 1.82) is 0 Å². The summed E-state index contributed by atoms with van der Waals surface area (Å²) in [6.45, 7) is 3.07. The molecular weight excluding hydrogens is 212 g/mol. The fraction of sp³-hybridized carbons (Fsp3) is 0.385. The highest BCUT2D eigenvalue weighted by Gasteiger charge is 2.12. The molecule has 2 aromatic heterocycles. The molecule has 90 valence electrons. The molecule has 1 unspecified atom stereocenters. The Balaban J connectivity index is 2.13. The van der Waals surface area contributed by atoms with E-state index in [0.29, 0.717) is 6.04 Å². The lowest BCUT2D eigenvalue weighted by atomic mass is 10.0. The van der Waals surface area contributed by atoms with Crippen LogP contribution in [0.5, 0.6) is 0 Å². The largest absolute Gasteiger partial charge is 0.310 e. The van der Waals surface area contributed by atoms with Gasteiger partial charge in [0.15, 0.2) is 0 Å². The zero-order valence-corrected chi connectivity index (χ0v) is 10.3. The van der Waals surface area contributed by atoms with Crippen molar-refractivity contribution in [3.63, 3.8) is 0 Å².